The number of rotatable bonds is 12. The minimum Gasteiger partial charge on any atom is -0.478 e. The number of hydrogen-bond donors (Lipinski definition) is 3. The van der Waals surface area contributed by atoms with Crippen LogP contribution in [-0.2, 0) is 20.9 Å². The molecule has 0 saturated heterocycles. The fraction of sp³-hybridized carbons (Fsp3) is 0.821. The fourth-order valence-corrected chi connectivity index (χ4v) is 8.79. The number of ether oxygens (including phenoxy) is 1. The molecule has 220 valence electrons. The van der Waals surface area contributed by atoms with Crippen LogP contribution in [-0.4, -0.2) is 75.1 Å². The van der Waals surface area contributed by atoms with Gasteiger partial charge in [0.15, 0.2) is 0 Å². The van der Waals surface area contributed by atoms with Crippen molar-refractivity contribution in [3.05, 3.63) is 11.5 Å². The molecule has 1 aromatic rings. The Kier molecular flexibility index (Phi) is 8.81. The van der Waals surface area contributed by atoms with Crippen LogP contribution in [0.4, 0.5) is 0 Å². The van der Waals surface area contributed by atoms with Crippen molar-refractivity contribution < 1.29 is 14.3 Å². The number of hydrazine groups is 1. The molecule has 5 aliphatic carbocycles. The number of thioether (sulfide) groups is 1. The number of nitrogens with zero attached hydrogens (tertiary/aromatic N) is 5. The van der Waals surface area contributed by atoms with Gasteiger partial charge in [-0.3, -0.25) is 14.6 Å². The molecule has 0 aromatic carbocycles. The van der Waals surface area contributed by atoms with E-state index in [-0.39, 0.29) is 11.8 Å². The van der Waals surface area contributed by atoms with E-state index in [9.17, 15) is 9.59 Å². The molecule has 1 aromatic heterocycles. The average molecular weight is 573 g/mol. The van der Waals surface area contributed by atoms with Gasteiger partial charge in [-0.25, -0.2) is 10.1 Å². The summed E-state index contributed by atoms with van der Waals surface area (Å²) in [6.45, 7) is 4.29. The zero-order valence-corrected chi connectivity index (χ0v) is 24.5. The topological polar surface area (TPSA) is 126 Å². The van der Waals surface area contributed by atoms with Crippen LogP contribution in [0, 0.1) is 29.6 Å². The van der Waals surface area contributed by atoms with Gasteiger partial charge in [-0.15, -0.1) is 5.10 Å². The van der Waals surface area contributed by atoms with Gasteiger partial charge < -0.3 is 15.4 Å². The molecule has 1 aliphatic heterocycles. The highest BCUT2D eigenvalue weighted by Gasteiger charge is 2.49. The Bertz CT molecular complexity index is 1060. The van der Waals surface area contributed by atoms with Crippen molar-refractivity contribution in [2.75, 3.05) is 32.0 Å². The largest absolute Gasteiger partial charge is 0.478 e. The third-order valence-electron chi connectivity index (χ3n) is 9.67. The van der Waals surface area contributed by atoms with E-state index in [1.165, 1.54) is 71.1 Å². The van der Waals surface area contributed by atoms with E-state index >= 15 is 0 Å². The van der Waals surface area contributed by atoms with Gasteiger partial charge in [0.25, 0.3) is 5.91 Å². The standard InChI is InChI=1S/C28H44N8O3S/c1-18(37)29-7-8-36-28(32-33-34-36)40-10-9-35-27(39-17-19-5-3-2-4-6-19)24(16-30-35)26(38)31-25-22-12-20-11-21(14-22)15-23(25)13-20/h19-23,25,30H,2-17H2,1H3,(H,29,37)(H,31,38). The lowest BCUT2D eigenvalue weighted by Gasteiger charge is -2.54. The summed E-state index contributed by atoms with van der Waals surface area (Å²) in [5.41, 5.74) is 4.15. The lowest BCUT2D eigenvalue weighted by Crippen LogP contribution is -2.56. The summed E-state index contributed by atoms with van der Waals surface area (Å²) < 4.78 is 8.18. The van der Waals surface area contributed by atoms with Gasteiger partial charge in [0, 0.05) is 31.8 Å². The van der Waals surface area contributed by atoms with Crippen LogP contribution >= 0.6 is 11.8 Å². The SMILES string of the molecule is CC(=O)NCCn1nnnc1SCCN1NCC(C(=O)NC2C3CC4CC(C3)CC2C4)=C1OCC1CCCCC1. The van der Waals surface area contributed by atoms with Crippen molar-refractivity contribution >= 4 is 23.6 Å². The van der Waals surface area contributed by atoms with Crippen LogP contribution in [0.5, 0.6) is 0 Å². The summed E-state index contributed by atoms with van der Waals surface area (Å²) in [4.78, 5) is 24.9. The molecule has 0 unspecified atom stereocenters. The molecule has 5 saturated carbocycles. The van der Waals surface area contributed by atoms with Crippen molar-refractivity contribution in [3.63, 3.8) is 0 Å². The van der Waals surface area contributed by atoms with Gasteiger partial charge in [0.05, 0.1) is 25.3 Å². The number of carbonyl (C=O) groups excluding carboxylic acids is 2. The Labute approximate surface area is 240 Å². The molecule has 6 aliphatic rings. The quantitative estimate of drug-likeness (QED) is 0.324. The molecular weight excluding hydrogens is 528 g/mol. The van der Waals surface area contributed by atoms with Crippen molar-refractivity contribution in [2.24, 2.45) is 29.6 Å². The maximum absolute atomic E-state index is 13.7. The second-order valence-electron chi connectivity index (χ2n) is 12.5. The molecule has 12 heteroatoms. The Hall–Kier alpha value is -2.34. The lowest BCUT2D eigenvalue weighted by molar-refractivity contribution is -0.121. The molecule has 5 fully saturated rings. The third kappa shape index (κ3) is 6.42. The number of aromatic nitrogens is 4. The summed E-state index contributed by atoms with van der Waals surface area (Å²) >= 11 is 1.55. The first-order valence-electron chi connectivity index (χ1n) is 15.3. The highest BCUT2D eigenvalue weighted by Crippen LogP contribution is 2.53. The molecule has 11 nitrogen and oxygen atoms in total. The molecule has 0 spiro atoms. The van der Waals surface area contributed by atoms with Gasteiger partial charge in [0.1, 0.15) is 0 Å². The maximum atomic E-state index is 13.7. The van der Waals surface area contributed by atoms with E-state index in [0.29, 0.717) is 73.4 Å². The predicted molar refractivity (Wildman–Crippen MR) is 150 cm³/mol. The summed E-state index contributed by atoms with van der Waals surface area (Å²) in [5, 5.41) is 21.0. The number of tetrazole rings is 1. The van der Waals surface area contributed by atoms with Crippen LogP contribution in [0.1, 0.15) is 71.1 Å². The fourth-order valence-electron chi connectivity index (χ4n) is 7.96. The number of nitrogens with one attached hydrogen (secondary N) is 3. The van der Waals surface area contributed by atoms with E-state index in [0.717, 1.165) is 17.4 Å². The van der Waals surface area contributed by atoms with Crippen LogP contribution in [0.3, 0.4) is 0 Å². The molecule has 2 amide bonds. The van der Waals surface area contributed by atoms with E-state index in [1.807, 2.05) is 5.01 Å². The molecule has 40 heavy (non-hydrogen) atoms. The van der Waals surface area contributed by atoms with E-state index in [1.54, 1.807) is 16.4 Å². The summed E-state index contributed by atoms with van der Waals surface area (Å²) in [7, 11) is 0. The summed E-state index contributed by atoms with van der Waals surface area (Å²) in [6.07, 6.45) is 12.8. The highest BCUT2D eigenvalue weighted by atomic mass is 32.2. The number of hydrogen-bond acceptors (Lipinski definition) is 9. The first-order chi connectivity index (χ1) is 19.5. The molecule has 0 atom stereocenters. The van der Waals surface area contributed by atoms with Crippen LogP contribution < -0.4 is 16.1 Å². The van der Waals surface area contributed by atoms with E-state index in [2.05, 4.69) is 31.6 Å². The van der Waals surface area contributed by atoms with Crippen LogP contribution in [0.2, 0.25) is 0 Å². The van der Waals surface area contributed by atoms with Crippen LogP contribution in [0.25, 0.3) is 0 Å². The van der Waals surface area contributed by atoms with Crippen molar-refractivity contribution in [3.8, 4) is 0 Å². The van der Waals surface area contributed by atoms with E-state index in [4.69, 9.17) is 4.74 Å². The molecular formula is C28H44N8O3S. The first kappa shape index (κ1) is 27.8. The van der Waals surface area contributed by atoms with Gasteiger partial charge >= 0.3 is 0 Å². The van der Waals surface area contributed by atoms with Gasteiger partial charge in [0.2, 0.25) is 16.9 Å². The minimum absolute atomic E-state index is 0.0423. The molecule has 0 radical (unpaired) electrons. The molecule has 2 heterocycles. The Morgan fingerprint density at radius 2 is 1.80 bits per heavy atom. The second-order valence-corrected chi connectivity index (χ2v) is 13.6. The monoisotopic (exact) mass is 572 g/mol. The van der Waals surface area contributed by atoms with E-state index < -0.39 is 0 Å². The van der Waals surface area contributed by atoms with Gasteiger partial charge in [-0.2, -0.15) is 0 Å². The molecule has 4 bridgehead atoms. The lowest BCUT2D eigenvalue weighted by atomic mass is 9.54. The van der Waals surface area contributed by atoms with Crippen molar-refractivity contribution in [1.29, 1.82) is 0 Å². The third-order valence-corrected chi connectivity index (χ3v) is 10.6. The Balaban J connectivity index is 1.09. The zero-order chi connectivity index (χ0) is 27.5. The van der Waals surface area contributed by atoms with Gasteiger partial charge in [-0.05, 0) is 85.0 Å². The Morgan fingerprint density at radius 3 is 2.52 bits per heavy atom. The minimum atomic E-state index is -0.0712. The predicted octanol–water partition coefficient (Wildman–Crippen LogP) is 2.47. The average Bonchev–Trinajstić information content (AvgIpc) is 3.56. The second kappa shape index (κ2) is 12.7. The summed E-state index contributed by atoms with van der Waals surface area (Å²) in [5.74, 6) is 5.00. The highest BCUT2D eigenvalue weighted by molar-refractivity contribution is 7.99. The van der Waals surface area contributed by atoms with Gasteiger partial charge in [-0.1, -0.05) is 31.0 Å². The first-order valence-corrected chi connectivity index (χ1v) is 16.3. The molecule has 7 rings (SSSR count). The summed E-state index contributed by atoms with van der Waals surface area (Å²) in [6, 6.07) is 0.313. The smallest absolute Gasteiger partial charge is 0.254 e. The number of amides is 2. The van der Waals surface area contributed by atoms with Crippen molar-refractivity contribution in [1.82, 2.24) is 41.3 Å². The Morgan fingerprint density at radius 1 is 1.05 bits per heavy atom. The maximum Gasteiger partial charge on any atom is 0.254 e. The normalized spacial score (nSPS) is 29.7. The zero-order valence-electron chi connectivity index (χ0n) is 23.6. The van der Waals surface area contributed by atoms with Crippen LogP contribution in [0.15, 0.2) is 16.6 Å². The van der Waals surface area contributed by atoms with Crippen molar-refractivity contribution in [2.45, 2.75) is 88.9 Å². The molecule has 3 N–H and O–H groups in total. The number of carbonyl (C=O) groups is 2.